The van der Waals surface area contributed by atoms with Crippen LogP contribution >= 0.6 is 0 Å². The van der Waals surface area contributed by atoms with Crippen molar-refractivity contribution in [2.24, 2.45) is 23.7 Å². The number of allylic oxidation sites excluding steroid dienone is 5. The summed E-state index contributed by atoms with van der Waals surface area (Å²) >= 11 is 0. The summed E-state index contributed by atoms with van der Waals surface area (Å²) in [5.41, 5.74) is 0.794. The van der Waals surface area contributed by atoms with Crippen LogP contribution in [-0.2, 0) is 9.59 Å². The molecule has 3 N–H and O–H groups in total. The van der Waals surface area contributed by atoms with E-state index in [1.54, 1.807) is 0 Å². The molecule has 0 aromatic carbocycles. The maximum atomic E-state index is 13.4. The Morgan fingerprint density at radius 2 is 1.86 bits per heavy atom. The first-order valence-electron chi connectivity index (χ1n) is 14.2. The fourth-order valence-corrected chi connectivity index (χ4v) is 6.44. The normalized spacial score (nSPS) is 33.4. The molecule has 3 aliphatic carbocycles. The van der Waals surface area contributed by atoms with Gasteiger partial charge in [0.2, 0.25) is 11.8 Å². The summed E-state index contributed by atoms with van der Waals surface area (Å²) in [6.07, 6.45) is 17.9. The molecule has 200 valence electrons. The number of β-amino-alcohol motifs (C(OH)–C–C–N with tert-alkyl or cyclic N) is 1. The number of nitrogens with one attached hydrogen (secondary N) is 2. The van der Waals surface area contributed by atoms with Crippen LogP contribution < -0.4 is 10.6 Å². The first-order chi connectivity index (χ1) is 17.1. The first-order valence-corrected chi connectivity index (χ1v) is 14.2. The topological polar surface area (TPSA) is 81.7 Å². The number of hydrogen-bond donors (Lipinski definition) is 3. The minimum absolute atomic E-state index is 0.0307. The maximum Gasteiger partial charge on any atom is 0.237 e. The van der Waals surface area contributed by atoms with Crippen LogP contribution in [0.4, 0.5) is 0 Å². The molecule has 0 spiro atoms. The van der Waals surface area contributed by atoms with Crippen molar-refractivity contribution < 1.29 is 14.7 Å². The lowest BCUT2D eigenvalue weighted by Crippen LogP contribution is -2.60. The van der Waals surface area contributed by atoms with Gasteiger partial charge in [-0.1, -0.05) is 56.6 Å². The Bertz CT molecular complexity index is 886. The third-order valence-electron chi connectivity index (χ3n) is 8.71. The van der Waals surface area contributed by atoms with Crippen molar-refractivity contribution in [2.45, 2.75) is 103 Å². The molecule has 36 heavy (non-hydrogen) atoms. The van der Waals surface area contributed by atoms with Gasteiger partial charge in [-0.2, -0.15) is 0 Å². The average Bonchev–Trinajstić information content (AvgIpc) is 2.81. The van der Waals surface area contributed by atoms with E-state index in [1.165, 1.54) is 25.7 Å². The minimum Gasteiger partial charge on any atom is -0.389 e. The standard InChI is InChI=1S/C30H47N3O3/c1-20-14-15-24(20)28(35)31-25(16-21-10-6-5-7-11-21)27(34)19-33-18-23-13-9-8-12-22(23)17-26(33)29(36)32-30(2,3)4/h5-7,10,16,20,22-27,34H,8-9,11-15,17-19H2,1-4H3,(H,31,35)(H,32,36)/b21-16-/t20?,22-,23+,24?,25-,26-,27+/m0/s1. The van der Waals surface area contributed by atoms with Crippen LogP contribution in [0.1, 0.15) is 79.1 Å². The van der Waals surface area contributed by atoms with Crippen molar-refractivity contribution in [3.05, 3.63) is 36.0 Å². The summed E-state index contributed by atoms with van der Waals surface area (Å²) < 4.78 is 0. The Hall–Kier alpha value is -1.92. The molecule has 1 heterocycles. The van der Waals surface area contributed by atoms with Gasteiger partial charge in [0.1, 0.15) is 0 Å². The van der Waals surface area contributed by atoms with E-state index >= 15 is 0 Å². The molecule has 2 amide bonds. The monoisotopic (exact) mass is 497 g/mol. The molecule has 6 nitrogen and oxygen atoms in total. The molecular formula is C30H47N3O3. The highest BCUT2D eigenvalue weighted by atomic mass is 16.3. The lowest BCUT2D eigenvalue weighted by atomic mass is 9.72. The first kappa shape index (κ1) is 27.1. The summed E-state index contributed by atoms with van der Waals surface area (Å²) in [7, 11) is 0. The zero-order valence-electron chi connectivity index (χ0n) is 22.7. The number of carbonyl (C=O) groups excluding carboxylic acids is 2. The van der Waals surface area contributed by atoms with E-state index in [1.807, 2.05) is 45.1 Å². The van der Waals surface area contributed by atoms with Crippen LogP contribution in [0, 0.1) is 23.7 Å². The average molecular weight is 498 g/mol. The van der Waals surface area contributed by atoms with Gasteiger partial charge < -0.3 is 15.7 Å². The number of amides is 2. The molecule has 6 heteroatoms. The van der Waals surface area contributed by atoms with Crippen LogP contribution in [0.2, 0.25) is 0 Å². The molecule has 0 bridgehead atoms. The summed E-state index contributed by atoms with van der Waals surface area (Å²) in [6, 6.07) is -0.724. The molecule has 4 aliphatic rings. The van der Waals surface area contributed by atoms with E-state index in [0.717, 1.165) is 37.8 Å². The van der Waals surface area contributed by atoms with Crippen molar-refractivity contribution in [1.29, 1.82) is 0 Å². The second-order valence-corrected chi connectivity index (χ2v) is 12.7. The molecule has 1 aliphatic heterocycles. The third kappa shape index (κ3) is 6.89. The van der Waals surface area contributed by atoms with Crippen molar-refractivity contribution >= 4 is 11.8 Å². The van der Waals surface area contributed by atoms with E-state index in [-0.39, 0.29) is 29.3 Å². The van der Waals surface area contributed by atoms with Crippen molar-refractivity contribution in [2.75, 3.05) is 13.1 Å². The van der Waals surface area contributed by atoms with Gasteiger partial charge in [-0.15, -0.1) is 0 Å². The van der Waals surface area contributed by atoms with Gasteiger partial charge in [-0.05, 0) is 76.2 Å². The van der Waals surface area contributed by atoms with Gasteiger partial charge in [-0.25, -0.2) is 0 Å². The van der Waals surface area contributed by atoms with E-state index in [4.69, 9.17) is 0 Å². The SMILES string of the molecule is CC1CCC1C(=O)N[C@@H](/C=C1/C=CC=CC1)[C@H](O)CN1C[C@H]2CCCC[C@H]2C[C@H]1C(=O)NC(C)(C)C. The molecule has 7 atom stereocenters. The van der Waals surface area contributed by atoms with Gasteiger partial charge in [0.05, 0.1) is 18.2 Å². The minimum atomic E-state index is -0.791. The Kier molecular flexibility index (Phi) is 8.77. The molecule has 0 radical (unpaired) electrons. The van der Waals surface area contributed by atoms with Crippen LogP contribution in [0.5, 0.6) is 0 Å². The number of likely N-dealkylation sites (tertiary alicyclic amines) is 1. The lowest BCUT2D eigenvalue weighted by Gasteiger charge is -2.47. The van der Waals surface area contributed by atoms with E-state index < -0.39 is 12.1 Å². The highest BCUT2D eigenvalue weighted by Crippen LogP contribution is 2.39. The van der Waals surface area contributed by atoms with E-state index in [2.05, 4.69) is 28.5 Å². The van der Waals surface area contributed by atoms with E-state index in [9.17, 15) is 14.7 Å². The maximum absolute atomic E-state index is 13.4. The van der Waals surface area contributed by atoms with Crippen molar-refractivity contribution in [3.63, 3.8) is 0 Å². The number of fused-ring (bicyclic) bond motifs is 1. The Labute approximate surface area is 217 Å². The molecule has 2 unspecified atom stereocenters. The Morgan fingerprint density at radius 1 is 1.11 bits per heavy atom. The molecule has 0 aromatic rings. The summed E-state index contributed by atoms with van der Waals surface area (Å²) in [4.78, 5) is 28.6. The van der Waals surface area contributed by atoms with Gasteiger partial charge in [0.15, 0.2) is 0 Å². The highest BCUT2D eigenvalue weighted by molar-refractivity contribution is 5.82. The molecule has 1 saturated heterocycles. The zero-order chi connectivity index (χ0) is 25.9. The van der Waals surface area contributed by atoms with Crippen LogP contribution in [0.25, 0.3) is 0 Å². The van der Waals surface area contributed by atoms with Crippen LogP contribution in [0.15, 0.2) is 36.0 Å². The molecule has 3 fully saturated rings. The second kappa shape index (κ2) is 11.6. The quantitative estimate of drug-likeness (QED) is 0.494. The van der Waals surface area contributed by atoms with Crippen LogP contribution in [-0.4, -0.2) is 58.6 Å². The Morgan fingerprint density at radius 3 is 2.47 bits per heavy atom. The Balaban J connectivity index is 1.51. The number of aliphatic hydroxyl groups is 1. The summed E-state index contributed by atoms with van der Waals surface area (Å²) in [6.45, 7) is 9.38. The fourth-order valence-electron chi connectivity index (χ4n) is 6.44. The van der Waals surface area contributed by atoms with Crippen molar-refractivity contribution in [1.82, 2.24) is 15.5 Å². The smallest absolute Gasteiger partial charge is 0.237 e. The fraction of sp³-hybridized carbons (Fsp3) is 0.733. The number of hydrogen-bond acceptors (Lipinski definition) is 4. The third-order valence-corrected chi connectivity index (χ3v) is 8.71. The van der Waals surface area contributed by atoms with Crippen molar-refractivity contribution in [3.8, 4) is 0 Å². The van der Waals surface area contributed by atoms with Gasteiger partial charge in [0.25, 0.3) is 0 Å². The van der Waals surface area contributed by atoms with Gasteiger partial charge in [-0.3, -0.25) is 14.5 Å². The van der Waals surface area contributed by atoms with Crippen LogP contribution in [0.3, 0.4) is 0 Å². The second-order valence-electron chi connectivity index (χ2n) is 12.7. The van der Waals surface area contributed by atoms with Gasteiger partial charge in [0, 0.05) is 24.5 Å². The van der Waals surface area contributed by atoms with E-state index in [0.29, 0.717) is 24.3 Å². The highest BCUT2D eigenvalue weighted by Gasteiger charge is 2.42. The number of carbonyl (C=O) groups is 2. The summed E-state index contributed by atoms with van der Waals surface area (Å²) in [5.74, 6) is 1.68. The number of aliphatic hydroxyl groups excluding tert-OH is 1. The molecule has 4 rings (SSSR count). The molecule has 2 saturated carbocycles. The number of nitrogens with zero attached hydrogens (tertiary/aromatic N) is 1. The zero-order valence-corrected chi connectivity index (χ0v) is 22.7. The number of piperidine rings is 1. The largest absolute Gasteiger partial charge is 0.389 e. The van der Waals surface area contributed by atoms with Gasteiger partial charge >= 0.3 is 0 Å². The predicted octanol–water partition coefficient (Wildman–Crippen LogP) is 4.12. The lowest BCUT2D eigenvalue weighted by molar-refractivity contribution is -0.134. The summed E-state index contributed by atoms with van der Waals surface area (Å²) in [5, 5.41) is 17.9. The molecule has 0 aromatic heterocycles. The molecular weight excluding hydrogens is 450 g/mol. The predicted molar refractivity (Wildman–Crippen MR) is 144 cm³/mol. The number of rotatable bonds is 7.